The lowest BCUT2D eigenvalue weighted by Crippen LogP contribution is -2.18. The maximum Gasteiger partial charge on any atom is 0.229 e. The summed E-state index contributed by atoms with van der Waals surface area (Å²) in [6.07, 6.45) is 0.680. The van der Waals surface area contributed by atoms with Gasteiger partial charge in [0.2, 0.25) is 5.24 Å². The molecule has 0 radical (unpaired) electrons. The van der Waals surface area contributed by atoms with Crippen molar-refractivity contribution in [3.63, 3.8) is 0 Å². The van der Waals surface area contributed by atoms with Gasteiger partial charge in [0.15, 0.2) is 0 Å². The Kier molecular flexibility index (Phi) is 2.23. The van der Waals surface area contributed by atoms with Gasteiger partial charge in [0.1, 0.15) is 5.75 Å². The molecule has 0 saturated carbocycles. The normalized spacial score (nSPS) is 20.2. The average molecular weight is 197 g/mol. The van der Waals surface area contributed by atoms with Gasteiger partial charge < -0.3 is 4.74 Å². The SMILES string of the molecule is O=C(Cl)[C@H]1CCOc2ccccc21. The van der Waals surface area contributed by atoms with Gasteiger partial charge in [-0.15, -0.1) is 0 Å². The molecular formula is C10H9ClO2. The van der Waals surface area contributed by atoms with Crippen molar-refractivity contribution in [2.45, 2.75) is 12.3 Å². The molecule has 0 amide bonds. The fourth-order valence-electron chi connectivity index (χ4n) is 1.58. The largest absolute Gasteiger partial charge is 0.493 e. The molecule has 1 aromatic rings. The van der Waals surface area contributed by atoms with Crippen LogP contribution in [0.2, 0.25) is 0 Å². The maximum absolute atomic E-state index is 11.1. The molecule has 3 heteroatoms. The van der Waals surface area contributed by atoms with E-state index in [9.17, 15) is 4.79 Å². The van der Waals surface area contributed by atoms with E-state index in [0.29, 0.717) is 13.0 Å². The summed E-state index contributed by atoms with van der Waals surface area (Å²) in [6, 6.07) is 7.53. The molecule has 0 saturated heterocycles. The molecule has 68 valence electrons. The second kappa shape index (κ2) is 3.38. The quantitative estimate of drug-likeness (QED) is 0.645. The Morgan fingerprint density at radius 1 is 1.46 bits per heavy atom. The van der Waals surface area contributed by atoms with Gasteiger partial charge in [-0.05, 0) is 24.1 Å². The van der Waals surface area contributed by atoms with Gasteiger partial charge in [-0.25, -0.2) is 0 Å². The van der Waals surface area contributed by atoms with E-state index < -0.39 is 0 Å². The molecule has 0 bridgehead atoms. The summed E-state index contributed by atoms with van der Waals surface area (Å²) in [5.41, 5.74) is 0.911. The zero-order chi connectivity index (χ0) is 9.26. The van der Waals surface area contributed by atoms with Crippen molar-refractivity contribution in [2.24, 2.45) is 0 Å². The summed E-state index contributed by atoms with van der Waals surface area (Å²) >= 11 is 5.49. The second-order valence-corrected chi connectivity index (χ2v) is 3.40. The number of para-hydroxylation sites is 1. The number of hydrogen-bond acceptors (Lipinski definition) is 2. The lowest BCUT2D eigenvalue weighted by molar-refractivity contribution is -0.113. The molecular weight excluding hydrogens is 188 g/mol. The molecule has 1 aromatic carbocycles. The molecule has 2 rings (SSSR count). The van der Waals surface area contributed by atoms with Gasteiger partial charge in [0, 0.05) is 5.56 Å². The van der Waals surface area contributed by atoms with Crippen LogP contribution in [0.4, 0.5) is 0 Å². The standard InChI is InChI=1S/C10H9ClO2/c11-10(12)8-5-6-13-9-4-2-1-3-7(8)9/h1-4,8H,5-6H2/t8-/m0/s1. The Morgan fingerprint density at radius 2 is 2.23 bits per heavy atom. The van der Waals surface area contributed by atoms with Crippen LogP contribution in [0, 0.1) is 0 Å². The molecule has 0 fully saturated rings. The van der Waals surface area contributed by atoms with E-state index in [1.807, 2.05) is 24.3 Å². The first-order valence-electron chi connectivity index (χ1n) is 4.20. The van der Waals surface area contributed by atoms with Crippen molar-refractivity contribution < 1.29 is 9.53 Å². The van der Waals surface area contributed by atoms with Crippen LogP contribution in [0.5, 0.6) is 5.75 Å². The van der Waals surface area contributed by atoms with E-state index in [-0.39, 0.29) is 11.2 Å². The van der Waals surface area contributed by atoms with E-state index in [0.717, 1.165) is 11.3 Å². The van der Waals surface area contributed by atoms with Gasteiger partial charge in [-0.2, -0.15) is 0 Å². The molecule has 1 heterocycles. The van der Waals surface area contributed by atoms with E-state index >= 15 is 0 Å². The number of halogens is 1. The highest BCUT2D eigenvalue weighted by Gasteiger charge is 2.25. The molecule has 2 nitrogen and oxygen atoms in total. The van der Waals surface area contributed by atoms with Crippen LogP contribution >= 0.6 is 11.6 Å². The van der Waals surface area contributed by atoms with Crippen LogP contribution < -0.4 is 4.74 Å². The highest BCUT2D eigenvalue weighted by atomic mass is 35.5. The maximum atomic E-state index is 11.1. The highest BCUT2D eigenvalue weighted by Crippen LogP contribution is 2.34. The van der Waals surface area contributed by atoms with E-state index in [2.05, 4.69) is 0 Å². The van der Waals surface area contributed by atoms with Crippen molar-refractivity contribution in [1.29, 1.82) is 0 Å². The fourth-order valence-corrected chi connectivity index (χ4v) is 1.80. The molecule has 0 aromatic heterocycles. The Bertz CT molecular complexity index is 335. The van der Waals surface area contributed by atoms with Gasteiger partial charge in [0.05, 0.1) is 12.5 Å². The molecule has 0 unspecified atom stereocenters. The fraction of sp³-hybridized carbons (Fsp3) is 0.300. The summed E-state index contributed by atoms with van der Waals surface area (Å²) in [6.45, 7) is 0.570. The van der Waals surface area contributed by atoms with E-state index in [4.69, 9.17) is 16.3 Å². The first-order chi connectivity index (χ1) is 6.29. The van der Waals surface area contributed by atoms with Crippen LogP contribution in [0.1, 0.15) is 17.9 Å². The van der Waals surface area contributed by atoms with Gasteiger partial charge in [0.25, 0.3) is 0 Å². The highest BCUT2D eigenvalue weighted by molar-refractivity contribution is 6.64. The summed E-state index contributed by atoms with van der Waals surface area (Å²) in [5, 5.41) is -0.296. The average Bonchev–Trinajstić information content (AvgIpc) is 2.17. The Balaban J connectivity index is 2.42. The van der Waals surface area contributed by atoms with Crippen LogP contribution in [0.25, 0.3) is 0 Å². The number of benzene rings is 1. The molecule has 1 aliphatic heterocycles. The summed E-state index contributed by atoms with van der Waals surface area (Å²) in [7, 11) is 0. The number of carbonyl (C=O) groups is 1. The third-order valence-electron chi connectivity index (χ3n) is 2.23. The summed E-state index contributed by atoms with van der Waals surface area (Å²) < 4.78 is 5.39. The number of ether oxygens (including phenoxy) is 1. The molecule has 0 N–H and O–H groups in total. The number of hydrogen-bond donors (Lipinski definition) is 0. The Hall–Kier alpha value is -1.02. The summed E-state index contributed by atoms with van der Waals surface area (Å²) in [4.78, 5) is 11.1. The molecule has 1 atom stereocenters. The van der Waals surface area contributed by atoms with Crippen molar-refractivity contribution in [3.05, 3.63) is 29.8 Å². The predicted octanol–water partition coefficient (Wildman–Crippen LogP) is 2.32. The van der Waals surface area contributed by atoms with Crippen molar-refractivity contribution >= 4 is 16.8 Å². The van der Waals surface area contributed by atoms with Crippen LogP contribution in [-0.4, -0.2) is 11.8 Å². The zero-order valence-electron chi connectivity index (χ0n) is 7.00. The van der Waals surface area contributed by atoms with Crippen LogP contribution in [0.15, 0.2) is 24.3 Å². The summed E-state index contributed by atoms with van der Waals surface area (Å²) in [5.74, 6) is 0.597. The minimum atomic E-state index is -0.296. The van der Waals surface area contributed by atoms with Crippen molar-refractivity contribution in [1.82, 2.24) is 0 Å². The molecule has 13 heavy (non-hydrogen) atoms. The number of rotatable bonds is 1. The third kappa shape index (κ3) is 1.54. The monoisotopic (exact) mass is 196 g/mol. The smallest absolute Gasteiger partial charge is 0.229 e. The Labute approximate surface area is 81.5 Å². The minimum Gasteiger partial charge on any atom is -0.493 e. The zero-order valence-corrected chi connectivity index (χ0v) is 7.75. The van der Waals surface area contributed by atoms with Crippen LogP contribution in [0.3, 0.4) is 0 Å². The van der Waals surface area contributed by atoms with Gasteiger partial charge >= 0.3 is 0 Å². The lowest BCUT2D eigenvalue weighted by atomic mass is 9.94. The molecule has 0 aliphatic carbocycles. The topological polar surface area (TPSA) is 26.3 Å². The third-order valence-corrected chi connectivity index (χ3v) is 2.50. The minimum absolute atomic E-state index is 0.188. The first-order valence-corrected chi connectivity index (χ1v) is 4.58. The van der Waals surface area contributed by atoms with E-state index in [1.54, 1.807) is 0 Å². The second-order valence-electron chi connectivity index (χ2n) is 3.03. The van der Waals surface area contributed by atoms with Crippen molar-refractivity contribution in [3.8, 4) is 5.75 Å². The molecule has 1 aliphatic rings. The lowest BCUT2D eigenvalue weighted by Gasteiger charge is -2.22. The van der Waals surface area contributed by atoms with Gasteiger partial charge in [-0.3, -0.25) is 4.79 Å². The van der Waals surface area contributed by atoms with Crippen molar-refractivity contribution in [2.75, 3.05) is 6.61 Å². The molecule has 0 spiro atoms. The predicted molar refractivity (Wildman–Crippen MR) is 50.2 cm³/mol. The Morgan fingerprint density at radius 3 is 3.00 bits per heavy atom. The number of carbonyl (C=O) groups excluding carboxylic acids is 1. The van der Waals surface area contributed by atoms with Crippen LogP contribution in [-0.2, 0) is 4.79 Å². The number of fused-ring (bicyclic) bond motifs is 1. The van der Waals surface area contributed by atoms with Gasteiger partial charge in [-0.1, -0.05) is 18.2 Å². The van der Waals surface area contributed by atoms with E-state index in [1.165, 1.54) is 0 Å². The first kappa shape index (κ1) is 8.57.